The van der Waals surface area contributed by atoms with E-state index in [-0.39, 0.29) is 28.4 Å². The monoisotopic (exact) mass is 425 g/mol. The van der Waals surface area contributed by atoms with E-state index in [1.807, 2.05) is 0 Å². The minimum Gasteiger partial charge on any atom is -0.497 e. The molecule has 1 heterocycles. The van der Waals surface area contributed by atoms with E-state index in [1.165, 1.54) is 6.92 Å². The van der Waals surface area contributed by atoms with Crippen molar-refractivity contribution in [2.24, 2.45) is 0 Å². The molecule has 0 fully saturated rings. The third kappa shape index (κ3) is 5.45. The Balaban J connectivity index is 1.68. The average molecular weight is 425 g/mol. The van der Waals surface area contributed by atoms with Crippen molar-refractivity contribution in [3.8, 4) is 17.0 Å². The summed E-state index contributed by atoms with van der Waals surface area (Å²) in [4.78, 5) is 38.6. The van der Waals surface area contributed by atoms with E-state index in [2.05, 4.69) is 25.8 Å². The van der Waals surface area contributed by atoms with E-state index >= 15 is 0 Å². The van der Waals surface area contributed by atoms with Crippen molar-refractivity contribution in [2.45, 2.75) is 12.1 Å². The van der Waals surface area contributed by atoms with Crippen LogP contribution in [0.1, 0.15) is 6.92 Å². The van der Waals surface area contributed by atoms with Crippen molar-refractivity contribution in [3.63, 3.8) is 0 Å². The van der Waals surface area contributed by atoms with Crippen molar-refractivity contribution < 1.29 is 14.3 Å². The standard InChI is InChI=1S/C20H19N5O4S/c1-12(26)21-16-9-4-3-8-15(16)18-19(28)23-20(25-24-18)30-11-17(27)22-13-6-5-7-14(10-13)29-2/h3-10H,11H2,1-2H3,(H,21,26)(H,22,27)(H,23,25,28). The minimum absolute atomic E-state index is 0.0314. The molecule has 0 saturated heterocycles. The lowest BCUT2D eigenvalue weighted by molar-refractivity contribution is -0.114. The Labute approximate surface area is 176 Å². The van der Waals surface area contributed by atoms with Gasteiger partial charge in [0.25, 0.3) is 5.56 Å². The van der Waals surface area contributed by atoms with E-state index < -0.39 is 5.56 Å². The molecule has 0 saturated carbocycles. The van der Waals surface area contributed by atoms with Gasteiger partial charge in [-0.25, -0.2) is 0 Å². The minimum atomic E-state index is -0.474. The van der Waals surface area contributed by atoms with Gasteiger partial charge < -0.3 is 15.4 Å². The van der Waals surface area contributed by atoms with Crippen LogP contribution in [0.15, 0.2) is 58.5 Å². The summed E-state index contributed by atoms with van der Waals surface area (Å²) >= 11 is 1.05. The highest BCUT2D eigenvalue weighted by atomic mass is 32.2. The fraction of sp³-hybridized carbons (Fsp3) is 0.150. The van der Waals surface area contributed by atoms with Crippen LogP contribution in [0.5, 0.6) is 5.75 Å². The SMILES string of the molecule is COc1cccc(NC(=O)CSc2nnc(-c3ccccc3NC(C)=O)c(=O)[nH]2)c1. The highest BCUT2D eigenvalue weighted by Crippen LogP contribution is 2.24. The van der Waals surface area contributed by atoms with Gasteiger partial charge in [-0.1, -0.05) is 36.0 Å². The van der Waals surface area contributed by atoms with Gasteiger partial charge in [0.1, 0.15) is 5.75 Å². The van der Waals surface area contributed by atoms with Crippen LogP contribution in [-0.2, 0) is 9.59 Å². The van der Waals surface area contributed by atoms with Gasteiger partial charge in [-0.05, 0) is 18.2 Å². The maximum atomic E-state index is 12.5. The number of carbonyl (C=O) groups is 2. The quantitative estimate of drug-likeness (QED) is 0.497. The first kappa shape index (κ1) is 21.1. The maximum absolute atomic E-state index is 12.5. The molecule has 3 rings (SSSR count). The van der Waals surface area contributed by atoms with E-state index in [0.717, 1.165) is 11.8 Å². The van der Waals surface area contributed by atoms with Crippen LogP contribution in [0.4, 0.5) is 11.4 Å². The number of aromatic nitrogens is 3. The van der Waals surface area contributed by atoms with Gasteiger partial charge in [0.05, 0.1) is 18.6 Å². The Kier molecular flexibility index (Phi) is 6.81. The number of anilines is 2. The van der Waals surface area contributed by atoms with Crippen molar-refractivity contribution in [2.75, 3.05) is 23.5 Å². The van der Waals surface area contributed by atoms with Crippen molar-refractivity contribution >= 4 is 35.0 Å². The summed E-state index contributed by atoms with van der Waals surface area (Å²) in [5.41, 5.74) is 1.11. The number of aromatic amines is 1. The van der Waals surface area contributed by atoms with Gasteiger partial charge >= 0.3 is 0 Å². The van der Waals surface area contributed by atoms with Crippen LogP contribution >= 0.6 is 11.8 Å². The van der Waals surface area contributed by atoms with Crippen LogP contribution in [0.3, 0.4) is 0 Å². The molecule has 1 aromatic heterocycles. The number of methoxy groups -OCH3 is 1. The predicted octanol–water partition coefficient (Wildman–Crippen LogP) is 2.53. The van der Waals surface area contributed by atoms with E-state index in [1.54, 1.807) is 55.6 Å². The van der Waals surface area contributed by atoms with Crippen LogP contribution in [0.2, 0.25) is 0 Å². The number of ether oxygens (including phenoxy) is 1. The van der Waals surface area contributed by atoms with E-state index in [9.17, 15) is 14.4 Å². The number of nitrogens with one attached hydrogen (secondary N) is 3. The summed E-state index contributed by atoms with van der Waals surface area (Å²) in [7, 11) is 1.55. The second-order valence-electron chi connectivity index (χ2n) is 6.10. The van der Waals surface area contributed by atoms with Gasteiger partial charge in [-0.15, -0.1) is 10.2 Å². The van der Waals surface area contributed by atoms with Crippen LogP contribution in [-0.4, -0.2) is 39.9 Å². The Hall–Kier alpha value is -3.66. The molecule has 30 heavy (non-hydrogen) atoms. The smallest absolute Gasteiger partial charge is 0.278 e. The van der Waals surface area contributed by atoms with Crippen LogP contribution in [0.25, 0.3) is 11.3 Å². The number of rotatable bonds is 7. The van der Waals surface area contributed by atoms with Gasteiger partial charge in [0, 0.05) is 24.2 Å². The average Bonchev–Trinajstić information content (AvgIpc) is 2.73. The fourth-order valence-electron chi connectivity index (χ4n) is 2.58. The first-order valence-corrected chi connectivity index (χ1v) is 9.85. The zero-order valence-electron chi connectivity index (χ0n) is 16.3. The Morgan fingerprint density at radius 2 is 1.90 bits per heavy atom. The molecule has 0 aliphatic rings. The van der Waals surface area contributed by atoms with Gasteiger partial charge in [-0.2, -0.15) is 0 Å². The number of nitrogens with zero attached hydrogens (tertiary/aromatic N) is 2. The molecule has 0 bridgehead atoms. The van der Waals surface area contributed by atoms with E-state index in [4.69, 9.17) is 4.74 Å². The number of thioether (sulfide) groups is 1. The molecular weight excluding hydrogens is 406 g/mol. The van der Waals surface area contributed by atoms with E-state index in [0.29, 0.717) is 22.7 Å². The molecule has 3 N–H and O–H groups in total. The molecule has 0 radical (unpaired) electrons. The predicted molar refractivity (Wildman–Crippen MR) is 115 cm³/mol. The zero-order valence-corrected chi connectivity index (χ0v) is 17.1. The summed E-state index contributed by atoms with van der Waals surface area (Å²) in [6.45, 7) is 1.38. The first-order valence-electron chi connectivity index (χ1n) is 8.87. The number of hydrogen-bond donors (Lipinski definition) is 3. The molecule has 3 aromatic rings. The van der Waals surface area contributed by atoms with Crippen molar-refractivity contribution in [1.29, 1.82) is 0 Å². The second-order valence-corrected chi connectivity index (χ2v) is 7.07. The van der Waals surface area contributed by atoms with Crippen molar-refractivity contribution in [1.82, 2.24) is 15.2 Å². The molecular formula is C20H19N5O4S. The normalized spacial score (nSPS) is 10.3. The van der Waals surface area contributed by atoms with Crippen LogP contribution < -0.4 is 20.9 Å². The highest BCUT2D eigenvalue weighted by Gasteiger charge is 2.13. The van der Waals surface area contributed by atoms with Crippen LogP contribution in [0, 0.1) is 0 Å². The number of carbonyl (C=O) groups excluding carboxylic acids is 2. The largest absolute Gasteiger partial charge is 0.497 e. The lowest BCUT2D eigenvalue weighted by Crippen LogP contribution is -2.18. The molecule has 0 spiro atoms. The third-order valence-corrected chi connectivity index (χ3v) is 4.73. The summed E-state index contributed by atoms with van der Waals surface area (Å²) in [6.07, 6.45) is 0. The lowest BCUT2D eigenvalue weighted by atomic mass is 10.1. The summed E-state index contributed by atoms with van der Waals surface area (Å²) in [5, 5.41) is 13.6. The molecule has 0 aliphatic carbocycles. The lowest BCUT2D eigenvalue weighted by Gasteiger charge is -2.09. The number of benzene rings is 2. The molecule has 9 nitrogen and oxygen atoms in total. The highest BCUT2D eigenvalue weighted by molar-refractivity contribution is 7.99. The topological polar surface area (TPSA) is 126 Å². The number of hydrogen-bond acceptors (Lipinski definition) is 7. The fourth-order valence-corrected chi connectivity index (χ4v) is 3.19. The molecule has 2 aromatic carbocycles. The van der Waals surface area contributed by atoms with Gasteiger partial charge in [0.2, 0.25) is 11.8 Å². The summed E-state index contributed by atoms with van der Waals surface area (Å²) in [6, 6.07) is 13.8. The Morgan fingerprint density at radius 3 is 2.63 bits per heavy atom. The summed E-state index contributed by atoms with van der Waals surface area (Å²) < 4.78 is 5.12. The second kappa shape index (κ2) is 9.70. The van der Waals surface area contributed by atoms with Gasteiger partial charge in [-0.3, -0.25) is 19.4 Å². The number of H-pyrrole nitrogens is 1. The summed E-state index contributed by atoms with van der Waals surface area (Å²) in [5.74, 6) is 0.131. The Bertz CT molecular complexity index is 1130. The molecule has 154 valence electrons. The molecule has 2 amide bonds. The maximum Gasteiger partial charge on any atom is 0.278 e. The Morgan fingerprint density at radius 1 is 1.10 bits per heavy atom. The third-order valence-electron chi connectivity index (χ3n) is 3.86. The zero-order chi connectivity index (χ0) is 21.5. The van der Waals surface area contributed by atoms with Gasteiger partial charge in [0.15, 0.2) is 10.9 Å². The molecule has 0 unspecified atom stereocenters. The number of para-hydroxylation sites is 1. The molecule has 10 heteroatoms. The first-order chi connectivity index (χ1) is 14.5. The molecule has 0 aliphatic heterocycles. The molecule has 0 atom stereocenters. The van der Waals surface area contributed by atoms with Crippen molar-refractivity contribution in [3.05, 3.63) is 58.9 Å². The number of amides is 2.